The van der Waals surface area contributed by atoms with Gasteiger partial charge < -0.3 is 29.2 Å². The lowest BCUT2D eigenvalue weighted by Gasteiger charge is -2.19. The van der Waals surface area contributed by atoms with Crippen molar-refractivity contribution in [1.82, 2.24) is 58.6 Å². The van der Waals surface area contributed by atoms with Crippen LogP contribution in [0.4, 0.5) is 17.6 Å². The van der Waals surface area contributed by atoms with E-state index >= 15 is 0 Å². The Morgan fingerprint density at radius 1 is 0.379 bits per heavy atom. The van der Waals surface area contributed by atoms with Gasteiger partial charge in [-0.05, 0) is 316 Å². The van der Waals surface area contributed by atoms with Crippen molar-refractivity contribution in [3.63, 3.8) is 0 Å². The number of aromatic nitrogens is 12. The molecule has 0 radical (unpaired) electrons. The van der Waals surface area contributed by atoms with Crippen molar-refractivity contribution in [2.75, 3.05) is 7.11 Å². The van der Waals surface area contributed by atoms with E-state index < -0.39 is 46.2 Å². The van der Waals surface area contributed by atoms with Crippen LogP contribution >= 0.6 is 0 Å². The summed E-state index contributed by atoms with van der Waals surface area (Å²) in [7, 11) is 1.28. The molecular weight excluding hydrogens is 1800 g/mol. The van der Waals surface area contributed by atoms with Crippen molar-refractivity contribution < 1.29 is 75.5 Å². The second-order valence-electron chi connectivity index (χ2n) is 38.2. The fourth-order valence-electron chi connectivity index (χ4n) is 16.0. The number of aromatic amines is 2. The molecule has 0 unspecified atom stereocenters. The standard InChI is InChI=1S/C29H31FN4O3.C29H31FN2O5.C25H23FN4O3.C25H27FN2O5/c1-29(2,3)37-27(35)7-5-4-6-26-31-25-16-19(24-17-23(32-33-24)18-8-9-18)10-15-22(25)28(36)34(26)21-13-11-20(30)12-14-21;1-29(2,3)37-27(35)7-5-4-6-26-31-23-16-19(25(34)17-24(33)18-8-9-18)10-15-22(23)28(36)32(26)21-13-11-20(30)12-14-21;26-17-8-10-18(11-9-17)30-23(3-1-2-4-24(31)32)27-22-13-16(7-12-19(22)25(30)33)21-14-20(28-29-21)15-5-6-15;1-25(2,3)33-22(29)8-6-5-7-21-27-20-15-16(24(31)32-4)9-14-19(20)23(30)28(21)18-12-10-17(26)11-13-18/h10-18H,4-9H2,1-3H3,(H,32,33);10-18,34H,4-9H2,1-3H3;7-15H,1-6H2,(H,28,29)(H,31,32);9-15H,5-8H2,1-4H3/b;25-17-;;. The molecule has 0 saturated heterocycles. The maximum Gasteiger partial charge on any atom is 0.337 e. The van der Waals surface area contributed by atoms with E-state index in [1.807, 2.05) is 92.6 Å². The van der Waals surface area contributed by atoms with E-state index in [1.54, 1.807) is 54.6 Å². The third kappa shape index (κ3) is 26.9. The average Bonchev–Trinajstić information content (AvgIpc) is 1.39. The Kier molecular flexibility index (Phi) is 31.9. The first kappa shape index (κ1) is 101. The number of unbranched alkanes of at least 4 members (excludes halogenated alkanes) is 4. The Morgan fingerprint density at radius 2 is 0.671 bits per heavy atom. The summed E-state index contributed by atoms with van der Waals surface area (Å²) in [6.45, 7) is 16.4. The molecule has 6 heterocycles. The van der Waals surface area contributed by atoms with E-state index in [1.165, 1.54) is 148 Å². The van der Waals surface area contributed by atoms with Gasteiger partial charge in [0.05, 0.1) is 90.4 Å². The first-order chi connectivity index (χ1) is 66.8. The lowest BCUT2D eigenvalue weighted by atomic mass is 10.1. The molecule has 0 spiro atoms. The molecule has 6 aromatic heterocycles. The highest BCUT2D eigenvalue weighted by atomic mass is 19.1. The molecular formula is C108H112F4N12O16. The first-order valence-electron chi connectivity index (χ1n) is 47.1. The average molecular weight is 1910 g/mol. The van der Waals surface area contributed by atoms with Crippen LogP contribution in [0.25, 0.3) is 94.6 Å². The lowest BCUT2D eigenvalue weighted by molar-refractivity contribution is -0.156. The highest BCUT2D eigenvalue weighted by Crippen LogP contribution is 2.42. The van der Waals surface area contributed by atoms with Crippen LogP contribution < -0.4 is 22.2 Å². The number of carbonyl (C=O) groups is 6. The number of halogens is 4. The van der Waals surface area contributed by atoms with Crippen molar-refractivity contribution in [3.05, 3.63) is 299 Å². The Bertz CT molecular complexity index is 7240. The molecule has 14 aromatic rings. The number of methoxy groups -OCH3 is 1. The van der Waals surface area contributed by atoms with Gasteiger partial charge in [0.25, 0.3) is 22.2 Å². The van der Waals surface area contributed by atoms with Crippen LogP contribution in [-0.4, -0.2) is 128 Å². The number of ketones is 1. The van der Waals surface area contributed by atoms with E-state index in [9.17, 15) is 70.6 Å². The van der Waals surface area contributed by atoms with Crippen LogP contribution in [-0.2, 0) is 68.6 Å². The van der Waals surface area contributed by atoms with Crippen molar-refractivity contribution in [2.24, 2.45) is 5.92 Å². The van der Waals surface area contributed by atoms with E-state index in [4.69, 9.17) is 39.0 Å². The third-order valence-electron chi connectivity index (χ3n) is 23.3. The molecule has 3 aliphatic rings. The summed E-state index contributed by atoms with van der Waals surface area (Å²) in [5.74, 6) is -0.995. The van der Waals surface area contributed by atoms with Crippen LogP contribution in [0.2, 0.25) is 0 Å². The van der Waals surface area contributed by atoms with Gasteiger partial charge in [0.2, 0.25) is 0 Å². The van der Waals surface area contributed by atoms with Gasteiger partial charge in [-0.25, -0.2) is 42.3 Å². The minimum absolute atomic E-state index is 0.0177. The highest BCUT2D eigenvalue weighted by Gasteiger charge is 2.31. The Hall–Kier alpha value is -15.0. The number of hydrogen-bond acceptors (Lipinski definition) is 21. The zero-order valence-corrected chi connectivity index (χ0v) is 79.8. The predicted octanol–water partition coefficient (Wildman–Crippen LogP) is 20.3. The van der Waals surface area contributed by atoms with Gasteiger partial charge in [0.1, 0.15) is 69.1 Å². The predicted molar refractivity (Wildman–Crippen MR) is 523 cm³/mol. The number of carbonyl (C=O) groups excluding carboxylic acids is 5. The number of esters is 4. The van der Waals surface area contributed by atoms with Crippen LogP contribution in [0.1, 0.15) is 240 Å². The Balaban J connectivity index is 0.000000149. The maximum atomic E-state index is 13.6. The number of ether oxygens (including phenoxy) is 4. The number of aliphatic hydroxyl groups excluding tert-OH is 1. The fraction of sp³-hybridized carbons (Fsp3) is 0.352. The molecule has 32 heteroatoms. The van der Waals surface area contributed by atoms with Crippen LogP contribution in [0.3, 0.4) is 0 Å². The zero-order chi connectivity index (χ0) is 100. The Morgan fingerprint density at radius 3 is 0.964 bits per heavy atom. The molecule has 3 saturated carbocycles. The summed E-state index contributed by atoms with van der Waals surface area (Å²) >= 11 is 0. The number of aliphatic hydroxyl groups is 1. The number of allylic oxidation sites excluding steroid dienone is 1. The largest absolute Gasteiger partial charge is 0.507 e. The normalized spacial score (nSPS) is 13.2. The Labute approximate surface area is 803 Å². The van der Waals surface area contributed by atoms with Gasteiger partial charge in [-0.3, -0.25) is 71.6 Å². The number of carboxylic acids is 1. The summed E-state index contributed by atoms with van der Waals surface area (Å²) in [6.07, 6.45) is 14.7. The minimum Gasteiger partial charge on any atom is -0.507 e. The number of benzene rings is 8. The number of hydrogen-bond donors (Lipinski definition) is 4. The number of carboxylic acid groups (broad SMARTS) is 1. The lowest BCUT2D eigenvalue weighted by Crippen LogP contribution is -2.24. The quantitative estimate of drug-likeness (QED) is 0.00759. The highest BCUT2D eigenvalue weighted by molar-refractivity contribution is 5.99. The molecule has 8 aromatic carbocycles. The van der Waals surface area contributed by atoms with Gasteiger partial charge in [0.15, 0.2) is 5.78 Å². The molecule has 3 aliphatic carbocycles. The van der Waals surface area contributed by atoms with Crippen molar-refractivity contribution in [3.8, 4) is 45.3 Å². The van der Waals surface area contributed by atoms with Gasteiger partial charge in [0, 0.05) is 103 Å². The minimum atomic E-state index is -0.855. The second-order valence-corrected chi connectivity index (χ2v) is 38.2. The molecule has 728 valence electrons. The van der Waals surface area contributed by atoms with E-state index in [-0.39, 0.29) is 94.7 Å². The molecule has 0 atom stereocenters. The number of nitrogens with one attached hydrogen (secondary N) is 2. The summed E-state index contributed by atoms with van der Waals surface area (Å²) in [5.41, 5.74) is 7.51. The van der Waals surface area contributed by atoms with Gasteiger partial charge in [-0.1, -0.05) is 18.2 Å². The van der Waals surface area contributed by atoms with Crippen molar-refractivity contribution in [2.45, 2.75) is 232 Å². The fourth-order valence-corrected chi connectivity index (χ4v) is 16.0. The molecule has 140 heavy (non-hydrogen) atoms. The van der Waals surface area contributed by atoms with E-state index in [0.717, 1.165) is 46.7 Å². The SMILES string of the molecule is CC(C)(C)OC(=O)CCCCc1nc2cc(-c3cc(C4CC4)[nH]n3)ccc2c(=O)n1-c1ccc(F)cc1.CC(C)(C)OC(=O)CCCCc1nc2cc(/C(O)=C/C(=O)C3CC3)ccc2c(=O)n1-c1ccc(F)cc1.COC(=O)c1ccc2c(=O)n(-c3ccc(F)cc3)c(CCCCC(=O)OC(C)(C)C)nc2c1.O=C(O)CCCCc1nc2cc(-c3cc(C4CC4)[nH]n3)ccc2c(=O)n1-c1ccc(F)cc1. The molecule has 0 aliphatic heterocycles. The smallest absolute Gasteiger partial charge is 0.337 e. The summed E-state index contributed by atoms with van der Waals surface area (Å²) in [6, 6.07) is 47.1. The number of fused-ring (bicyclic) bond motifs is 4. The van der Waals surface area contributed by atoms with Gasteiger partial charge in [-0.15, -0.1) is 0 Å². The van der Waals surface area contributed by atoms with Crippen molar-refractivity contribution >= 4 is 85.0 Å². The van der Waals surface area contributed by atoms with Gasteiger partial charge >= 0.3 is 29.8 Å². The van der Waals surface area contributed by atoms with E-state index in [0.29, 0.717) is 184 Å². The van der Waals surface area contributed by atoms with Crippen LogP contribution in [0.15, 0.2) is 207 Å². The summed E-state index contributed by atoms with van der Waals surface area (Å²) < 4.78 is 80.8. The number of nitrogens with zero attached hydrogens (tertiary/aromatic N) is 10. The van der Waals surface area contributed by atoms with Crippen LogP contribution in [0, 0.1) is 29.2 Å². The van der Waals surface area contributed by atoms with Crippen LogP contribution in [0.5, 0.6) is 0 Å². The number of aryl methyl sites for hydroxylation is 4. The topological polar surface area (TPSA) is 377 Å². The monoisotopic (exact) mass is 1910 g/mol. The third-order valence-corrected chi connectivity index (χ3v) is 23.3. The second kappa shape index (κ2) is 44.2. The molecule has 28 nitrogen and oxygen atoms in total. The molecule has 3 fully saturated rings. The first-order valence-corrected chi connectivity index (χ1v) is 47.1. The van der Waals surface area contributed by atoms with E-state index in [2.05, 4.69) is 31.4 Å². The molecule has 4 N–H and O–H groups in total. The molecule has 0 amide bonds. The number of aliphatic carboxylic acids is 1. The molecule has 17 rings (SSSR count). The summed E-state index contributed by atoms with van der Waals surface area (Å²) in [5, 5.41) is 36.1. The zero-order valence-electron chi connectivity index (χ0n) is 79.8. The van der Waals surface area contributed by atoms with Gasteiger partial charge in [-0.2, -0.15) is 10.2 Å². The number of rotatable bonds is 32. The summed E-state index contributed by atoms with van der Waals surface area (Å²) in [4.78, 5) is 144. The van der Waals surface area contributed by atoms with Crippen molar-refractivity contribution in [1.29, 1.82) is 0 Å². The maximum absolute atomic E-state index is 13.6. The molecule has 0 bridgehead atoms. The number of H-pyrrole nitrogens is 2.